The first-order valence-electron chi connectivity index (χ1n) is 8.99. The number of aromatic nitrogens is 1. The molecule has 0 saturated carbocycles. The first-order valence-corrected chi connectivity index (χ1v) is 8.99. The summed E-state index contributed by atoms with van der Waals surface area (Å²) in [6.07, 6.45) is 0.821. The van der Waals surface area contributed by atoms with Gasteiger partial charge in [0.15, 0.2) is 11.5 Å². The number of benzene rings is 1. The van der Waals surface area contributed by atoms with Crippen LogP contribution in [0.5, 0.6) is 0 Å². The summed E-state index contributed by atoms with van der Waals surface area (Å²) in [5, 5.41) is 6.30. The predicted molar refractivity (Wildman–Crippen MR) is 95.7 cm³/mol. The number of carbonyl (C=O) groups excluding carboxylic acids is 3. The van der Waals surface area contributed by atoms with Crippen molar-refractivity contribution < 1.29 is 18.9 Å². The Hall–Kier alpha value is -3.16. The maximum atomic E-state index is 12.8. The van der Waals surface area contributed by atoms with Crippen LogP contribution in [0, 0.1) is 0 Å². The third-order valence-corrected chi connectivity index (χ3v) is 5.39. The van der Waals surface area contributed by atoms with Crippen molar-refractivity contribution in [1.82, 2.24) is 20.3 Å². The molecule has 2 aliphatic heterocycles. The van der Waals surface area contributed by atoms with Gasteiger partial charge in [-0.1, -0.05) is 35.5 Å². The summed E-state index contributed by atoms with van der Waals surface area (Å²) in [4.78, 5) is 40.3. The average Bonchev–Trinajstić information content (AvgIpc) is 3.26. The molecule has 1 spiro atoms. The Morgan fingerprint density at radius 2 is 1.93 bits per heavy atom. The summed E-state index contributed by atoms with van der Waals surface area (Å²) >= 11 is 0. The molecule has 0 unspecified atom stereocenters. The number of nitrogens with zero attached hydrogens (tertiary/aromatic N) is 3. The van der Waals surface area contributed by atoms with Gasteiger partial charge in [0.05, 0.1) is 0 Å². The lowest BCUT2D eigenvalue weighted by molar-refractivity contribution is -0.128. The van der Waals surface area contributed by atoms with Gasteiger partial charge in [0, 0.05) is 31.3 Å². The zero-order valence-corrected chi connectivity index (χ0v) is 15.0. The fourth-order valence-electron chi connectivity index (χ4n) is 3.90. The molecule has 2 aromatic rings. The lowest BCUT2D eigenvalue weighted by Crippen LogP contribution is -2.57. The van der Waals surface area contributed by atoms with Crippen molar-refractivity contribution in [1.29, 1.82) is 0 Å². The number of nitrogens with one attached hydrogen (secondary N) is 1. The third-order valence-electron chi connectivity index (χ3n) is 5.39. The van der Waals surface area contributed by atoms with Gasteiger partial charge in [-0.05, 0) is 19.8 Å². The van der Waals surface area contributed by atoms with Crippen molar-refractivity contribution in [3.05, 3.63) is 42.1 Å². The molecule has 4 rings (SSSR count). The van der Waals surface area contributed by atoms with Crippen molar-refractivity contribution in [2.24, 2.45) is 0 Å². The number of hydrogen-bond acceptors (Lipinski definition) is 5. The molecule has 8 nitrogen and oxygen atoms in total. The average molecular weight is 368 g/mol. The minimum absolute atomic E-state index is 0.233. The fourth-order valence-corrected chi connectivity index (χ4v) is 3.90. The van der Waals surface area contributed by atoms with E-state index < -0.39 is 5.54 Å². The van der Waals surface area contributed by atoms with Gasteiger partial charge in [-0.2, -0.15) is 0 Å². The largest absolute Gasteiger partial charge is 0.355 e. The zero-order valence-electron chi connectivity index (χ0n) is 15.0. The van der Waals surface area contributed by atoms with Crippen LogP contribution in [0.1, 0.15) is 30.3 Å². The minimum Gasteiger partial charge on any atom is -0.355 e. The van der Waals surface area contributed by atoms with E-state index in [0.717, 1.165) is 5.56 Å². The highest BCUT2D eigenvalue weighted by Gasteiger charge is 2.53. The van der Waals surface area contributed by atoms with Crippen LogP contribution < -0.4 is 5.32 Å². The quantitative estimate of drug-likeness (QED) is 0.835. The van der Waals surface area contributed by atoms with Crippen LogP contribution in [-0.4, -0.2) is 58.0 Å². The summed E-state index contributed by atoms with van der Waals surface area (Å²) < 4.78 is 5.31. The number of urea groups is 1. The summed E-state index contributed by atoms with van der Waals surface area (Å²) in [7, 11) is 0. The first-order chi connectivity index (χ1) is 13.0. The Bertz CT molecular complexity index is 884. The van der Waals surface area contributed by atoms with Gasteiger partial charge < -0.3 is 14.3 Å². The van der Waals surface area contributed by atoms with Crippen LogP contribution in [0.2, 0.25) is 0 Å². The Balaban J connectivity index is 1.47. The smallest absolute Gasteiger partial charge is 0.325 e. The molecule has 2 aliphatic rings. The molecule has 27 heavy (non-hydrogen) atoms. The summed E-state index contributed by atoms with van der Waals surface area (Å²) in [5.74, 6) is 0.0307. The molecule has 2 fully saturated rings. The fraction of sp³-hybridized carbons (Fsp3) is 0.368. The molecule has 0 aliphatic carbocycles. The monoisotopic (exact) mass is 368 g/mol. The summed E-state index contributed by atoms with van der Waals surface area (Å²) in [6.45, 7) is 3.06. The number of piperidine rings is 1. The standard InChI is InChI=1S/C19H20N4O4/c1-2-23-18(26)20-17(25)19(23)8-10-22(11-9-19)16(24)14-12-15(27-21-14)13-6-4-3-5-7-13/h3-7,12H,2,8-11H2,1H3,(H,20,25,26). The molecule has 2 saturated heterocycles. The maximum absolute atomic E-state index is 12.8. The van der Waals surface area contributed by atoms with E-state index in [9.17, 15) is 14.4 Å². The second-order valence-electron chi connectivity index (χ2n) is 6.77. The third kappa shape index (κ3) is 2.77. The molecule has 1 aromatic carbocycles. The molecule has 1 aromatic heterocycles. The second-order valence-corrected chi connectivity index (χ2v) is 6.77. The van der Waals surface area contributed by atoms with E-state index in [-0.39, 0.29) is 23.5 Å². The molecule has 3 heterocycles. The van der Waals surface area contributed by atoms with Gasteiger partial charge in [-0.25, -0.2) is 4.79 Å². The van der Waals surface area contributed by atoms with Crippen molar-refractivity contribution in [3.8, 4) is 11.3 Å². The summed E-state index contributed by atoms with van der Waals surface area (Å²) in [6, 6.07) is 10.7. The van der Waals surface area contributed by atoms with E-state index in [1.54, 1.807) is 15.9 Å². The molecule has 8 heteroatoms. The summed E-state index contributed by atoms with van der Waals surface area (Å²) in [5.41, 5.74) is 0.243. The molecule has 1 N–H and O–H groups in total. The highest BCUT2D eigenvalue weighted by atomic mass is 16.5. The highest BCUT2D eigenvalue weighted by molar-refractivity contribution is 6.07. The molecule has 140 valence electrons. The van der Waals surface area contributed by atoms with E-state index in [2.05, 4.69) is 10.5 Å². The molecule has 0 bridgehead atoms. The van der Waals surface area contributed by atoms with Gasteiger partial charge in [0.2, 0.25) is 0 Å². The second kappa shape index (κ2) is 6.53. The van der Waals surface area contributed by atoms with E-state index in [1.807, 2.05) is 37.3 Å². The number of rotatable bonds is 3. The van der Waals surface area contributed by atoms with E-state index in [4.69, 9.17) is 4.52 Å². The van der Waals surface area contributed by atoms with Crippen molar-refractivity contribution in [3.63, 3.8) is 0 Å². The SMILES string of the molecule is CCN1C(=O)NC(=O)C12CCN(C(=O)c1cc(-c3ccccc3)on1)CC2. The van der Waals surface area contributed by atoms with Crippen molar-refractivity contribution in [2.45, 2.75) is 25.3 Å². The van der Waals surface area contributed by atoms with Crippen LogP contribution in [0.15, 0.2) is 40.9 Å². The molecular weight excluding hydrogens is 348 g/mol. The van der Waals surface area contributed by atoms with E-state index in [1.165, 1.54) is 0 Å². The lowest BCUT2D eigenvalue weighted by atomic mass is 9.86. The van der Waals surface area contributed by atoms with Crippen molar-refractivity contribution in [2.75, 3.05) is 19.6 Å². The van der Waals surface area contributed by atoms with Crippen LogP contribution in [0.25, 0.3) is 11.3 Å². The molecular formula is C19H20N4O4. The molecule has 0 atom stereocenters. The topological polar surface area (TPSA) is 95.8 Å². The van der Waals surface area contributed by atoms with E-state index in [0.29, 0.717) is 38.2 Å². The Labute approximate surface area is 156 Å². The van der Waals surface area contributed by atoms with Gasteiger partial charge in [0.1, 0.15) is 5.54 Å². The van der Waals surface area contributed by atoms with Crippen molar-refractivity contribution >= 4 is 17.8 Å². The van der Waals surface area contributed by atoms with Crippen LogP contribution in [0.4, 0.5) is 4.79 Å². The Kier molecular flexibility index (Phi) is 4.18. The number of hydrogen-bond donors (Lipinski definition) is 1. The van der Waals surface area contributed by atoms with E-state index >= 15 is 0 Å². The number of imide groups is 1. The highest BCUT2D eigenvalue weighted by Crippen LogP contribution is 2.33. The number of likely N-dealkylation sites (tertiary alicyclic amines) is 1. The zero-order chi connectivity index (χ0) is 19.0. The number of likely N-dealkylation sites (N-methyl/N-ethyl adjacent to an activating group) is 1. The molecule has 4 amide bonds. The molecule has 0 radical (unpaired) electrons. The number of carbonyl (C=O) groups is 3. The van der Waals surface area contributed by atoms with Crippen LogP contribution in [-0.2, 0) is 4.79 Å². The van der Waals surface area contributed by atoms with Crippen LogP contribution >= 0.6 is 0 Å². The van der Waals surface area contributed by atoms with Gasteiger partial charge in [-0.15, -0.1) is 0 Å². The van der Waals surface area contributed by atoms with Crippen LogP contribution in [0.3, 0.4) is 0 Å². The first kappa shape index (κ1) is 17.3. The number of amides is 4. The van der Waals surface area contributed by atoms with Gasteiger partial charge in [0.25, 0.3) is 11.8 Å². The normalized spacial score (nSPS) is 18.9. The van der Waals surface area contributed by atoms with Gasteiger partial charge in [-0.3, -0.25) is 14.9 Å². The predicted octanol–water partition coefficient (Wildman–Crippen LogP) is 1.89. The maximum Gasteiger partial charge on any atom is 0.325 e. The Morgan fingerprint density at radius 1 is 1.22 bits per heavy atom. The lowest BCUT2D eigenvalue weighted by Gasteiger charge is -2.41. The van der Waals surface area contributed by atoms with Gasteiger partial charge >= 0.3 is 6.03 Å². The minimum atomic E-state index is -0.846. The Morgan fingerprint density at radius 3 is 2.59 bits per heavy atom.